The van der Waals surface area contributed by atoms with Gasteiger partial charge in [-0.15, -0.1) is 0 Å². The van der Waals surface area contributed by atoms with Crippen molar-refractivity contribution in [3.8, 4) is 5.75 Å². The van der Waals surface area contributed by atoms with Crippen LogP contribution in [0.5, 0.6) is 5.75 Å². The molecule has 154 valence electrons. The van der Waals surface area contributed by atoms with Gasteiger partial charge in [-0.2, -0.15) is 0 Å². The van der Waals surface area contributed by atoms with Crippen molar-refractivity contribution >= 4 is 17.6 Å². The molecule has 3 aromatic rings. The van der Waals surface area contributed by atoms with Crippen molar-refractivity contribution in [1.29, 1.82) is 0 Å². The number of rotatable bonds is 7. The minimum absolute atomic E-state index is 0.0547. The number of methoxy groups -OCH3 is 1. The number of amides is 1. The van der Waals surface area contributed by atoms with Gasteiger partial charge in [0.25, 0.3) is 11.5 Å². The minimum Gasteiger partial charge on any atom is -0.497 e. The number of carbonyl (C=O) groups excluding carboxylic acids is 2. The summed E-state index contributed by atoms with van der Waals surface area (Å²) >= 11 is 0. The van der Waals surface area contributed by atoms with Gasteiger partial charge in [0, 0.05) is 12.5 Å². The lowest BCUT2D eigenvalue weighted by atomic mass is 10.1. The molecular weight excluding hydrogens is 386 g/mol. The number of benzene rings is 2. The van der Waals surface area contributed by atoms with Crippen LogP contribution in [0, 0.1) is 0 Å². The molecule has 0 aliphatic carbocycles. The second-order valence-corrected chi connectivity index (χ2v) is 6.32. The Bertz CT molecular complexity index is 1110. The van der Waals surface area contributed by atoms with Gasteiger partial charge in [0.2, 0.25) is 0 Å². The first kappa shape index (κ1) is 20.8. The average molecular weight is 407 g/mol. The monoisotopic (exact) mass is 407 g/mol. The summed E-state index contributed by atoms with van der Waals surface area (Å²) in [5, 5.41) is 2.63. The highest BCUT2D eigenvalue weighted by atomic mass is 16.5. The molecule has 0 bridgehead atoms. The fraction of sp³-hybridized carbons (Fsp3) is 0.182. The molecule has 0 aliphatic heterocycles. The normalized spacial score (nSPS) is 10.3. The van der Waals surface area contributed by atoms with E-state index in [1.165, 1.54) is 0 Å². The van der Waals surface area contributed by atoms with E-state index < -0.39 is 17.4 Å². The number of esters is 1. The van der Waals surface area contributed by atoms with Crippen molar-refractivity contribution < 1.29 is 19.1 Å². The predicted molar refractivity (Wildman–Crippen MR) is 111 cm³/mol. The van der Waals surface area contributed by atoms with E-state index in [9.17, 15) is 14.4 Å². The van der Waals surface area contributed by atoms with E-state index in [0.717, 1.165) is 11.6 Å². The number of nitrogens with one attached hydrogen (secondary N) is 2. The number of ether oxygens (including phenoxy) is 2. The first-order valence-electron chi connectivity index (χ1n) is 9.31. The Morgan fingerprint density at radius 3 is 2.53 bits per heavy atom. The third-order valence-corrected chi connectivity index (χ3v) is 4.22. The summed E-state index contributed by atoms with van der Waals surface area (Å²) in [6.45, 7) is 1.91. The molecule has 2 N–H and O–H groups in total. The average Bonchev–Trinajstić information content (AvgIpc) is 2.74. The third-order valence-electron chi connectivity index (χ3n) is 4.22. The number of hydrogen-bond acceptors (Lipinski definition) is 6. The number of hydrogen-bond donors (Lipinski definition) is 2. The Hall–Kier alpha value is -3.94. The minimum atomic E-state index is -0.603. The summed E-state index contributed by atoms with van der Waals surface area (Å²) in [5.41, 5.74) is 0.887. The maximum absolute atomic E-state index is 12.7. The van der Waals surface area contributed by atoms with Gasteiger partial charge in [-0.1, -0.05) is 24.3 Å². The van der Waals surface area contributed by atoms with E-state index >= 15 is 0 Å². The van der Waals surface area contributed by atoms with E-state index in [4.69, 9.17) is 9.47 Å². The van der Waals surface area contributed by atoms with Crippen LogP contribution in [0.25, 0.3) is 0 Å². The smallest absolute Gasteiger partial charge is 0.340 e. The summed E-state index contributed by atoms with van der Waals surface area (Å²) in [7, 11) is 1.58. The van der Waals surface area contributed by atoms with Crippen LogP contribution < -0.4 is 15.6 Å². The van der Waals surface area contributed by atoms with Crippen LogP contribution in [0.3, 0.4) is 0 Å². The Labute approximate surface area is 172 Å². The van der Waals surface area contributed by atoms with Crippen molar-refractivity contribution in [1.82, 2.24) is 9.97 Å². The number of aromatic nitrogens is 2. The van der Waals surface area contributed by atoms with Gasteiger partial charge in [0.05, 0.1) is 25.0 Å². The summed E-state index contributed by atoms with van der Waals surface area (Å²) in [4.78, 5) is 43.7. The standard InChI is InChI=1S/C22H21N3O5/c1-3-30-22(28)16-6-4-5-7-17(16)24-21(27)18-13-20(26)25-19(23-18)12-14-8-10-15(29-2)11-9-14/h4-11,13H,3,12H2,1-2H3,(H,24,27)(H,23,25,26). The molecule has 0 radical (unpaired) electrons. The van der Waals surface area contributed by atoms with Crippen LogP contribution in [0.1, 0.15) is 39.2 Å². The lowest BCUT2D eigenvalue weighted by molar-refractivity contribution is 0.0527. The van der Waals surface area contributed by atoms with Crippen molar-refractivity contribution in [2.75, 3.05) is 19.0 Å². The Morgan fingerprint density at radius 1 is 1.10 bits per heavy atom. The molecule has 8 nitrogen and oxygen atoms in total. The maximum Gasteiger partial charge on any atom is 0.340 e. The quantitative estimate of drug-likeness (QED) is 0.583. The molecule has 30 heavy (non-hydrogen) atoms. The zero-order chi connectivity index (χ0) is 21.5. The first-order chi connectivity index (χ1) is 14.5. The van der Waals surface area contributed by atoms with Gasteiger partial charge in [0.1, 0.15) is 17.3 Å². The van der Waals surface area contributed by atoms with E-state index in [0.29, 0.717) is 18.0 Å². The predicted octanol–water partition coefficient (Wildman–Crippen LogP) is 2.80. The molecule has 3 rings (SSSR count). The lowest BCUT2D eigenvalue weighted by Crippen LogP contribution is -2.21. The van der Waals surface area contributed by atoms with Crippen LogP contribution in [0.15, 0.2) is 59.4 Å². The van der Waals surface area contributed by atoms with Gasteiger partial charge in [-0.3, -0.25) is 9.59 Å². The molecule has 0 aliphatic rings. The van der Waals surface area contributed by atoms with Crippen LogP contribution in [0.2, 0.25) is 0 Å². The van der Waals surface area contributed by atoms with Crippen molar-refractivity contribution in [3.05, 3.63) is 87.6 Å². The highest BCUT2D eigenvalue weighted by molar-refractivity contribution is 6.07. The molecule has 1 heterocycles. The highest BCUT2D eigenvalue weighted by Crippen LogP contribution is 2.17. The number of nitrogens with zero attached hydrogens (tertiary/aromatic N) is 1. The molecule has 0 saturated carbocycles. The Balaban J connectivity index is 1.82. The number of carbonyl (C=O) groups is 2. The fourth-order valence-electron chi connectivity index (χ4n) is 2.81. The molecule has 0 atom stereocenters. The molecule has 1 aromatic heterocycles. The van der Waals surface area contributed by atoms with E-state index in [2.05, 4.69) is 15.3 Å². The lowest BCUT2D eigenvalue weighted by Gasteiger charge is -2.10. The molecular formula is C22H21N3O5. The van der Waals surface area contributed by atoms with Crippen LogP contribution >= 0.6 is 0 Å². The number of aromatic amines is 1. The van der Waals surface area contributed by atoms with Gasteiger partial charge in [-0.25, -0.2) is 9.78 Å². The molecule has 0 saturated heterocycles. The topological polar surface area (TPSA) is 110 Å². The summed E-state index contributed by atoms with van der Waals surface area (Å²) in [6, 6.07) is 14.9. The van der Waals surface area contributed by atoms with E-state index in [1.807, 2.05) is 12.1 Å². The largest absolute Gasteiger partial charge is 0.497 e. The van der Waals surface area contributed by atoms with E-state index in [-0.39, 0.29) is 23.6 Å². The molecule has 0 spiro atoms. The van der Waals surface area contributed by atoms with Crippen molar-refractivity contribution in [3.63, 3.8) is 0 Å². The summed E-state index contributed by atoms with van der Waals surface area (Å²) in [6.07, 6.45) is 0.333. The number of para-hydroxylation sites is 1. The zero-order valence-electron chi connectivity index (χ0n) is 16.6. The van der Waals surface area contributed by atoms with E-state index in [1.54, 1.807) is 50.4 Å². The van der Waals surface area contributed by atoms with Crippen molar-refractivity contribution in [2.24, 2.45) is 0 Å². The van der Waals surface area contributed by atoms with Crippen LogP contribution in [0.4, 0.5) is 5.69 Å². The second kappa shape index (κ2) is 9.51. The molecule has 1 amide bonds. The van der Waals surface area contributed by atoms with Gasteiger partial charge >= 0.3 is 5.97 Å². The molecule has 8 heteroatoms. The zero-order valence-corrected chi connectivity index (χ0v) is 16.6. The SMILES string of the molecule is CCOC(=O)c1ccccc1NC(=O)c1cc(=O)[nH]c(Cc2ccc(OC)cc2)n1. The van der Waals surface area contributed by atoms with Gasteiger partial charge in [0.15, 0.2) is 0 Å². The second-order valence-electron chi connectivity index (χ2n) is 6.32. The number of H-pyrrole nitrogens is 1. The fourth-order valence-corrected chi connectivity index (χ4v) is 2.81. The maximum atomic E-state index is 12.7. The first-order valence-corrected chi connectivity index (χ1v) is 9.31. The molecule has 0 fully saturated rings. The third kappa shape index (κ3) is 5.11. The van der Waals surface area contributed by atoms with Gasteiger partial charge in [-0.05, 0) is 36.8 Å². The molecule has 2 aromatic carbocycles. The summed E-state index contributed by atoms with van der Waals surface area (Å²) in [5.74, 6) is -0.0913. The van der Waals surface area contributed by atoms with Crippen LogP contribution in [-0.4, -0.2) is 35.6 Å². The van der Waals surface area contributed by atoms with Gasteiger partial charge < -0.3 is 19.8 Å². The van der Waals surface area contributed by atoms with Crippen LogP contribution in [-0.2, 0) is 11.2 Å². The van der Waals surface area contributed by atoms with Crippen molar-refractivity contribution in [2.45, 2.75) is 13.3 Å². The number of anilines is 1. The highest BCUT2D eigenvalue weighted by Gasteiger charge is 2.16. The Kier molecular flexibility index (Phi) is 6.59. The Morgan fingerprint density at radius 2 is 1.83 bits per heavy atom. The molecule has 0 unspecified atom stereocenters. The summed E-state index contributed by atoms with van der Waals surface area (Å²) < 4.78 is 10.1.